The van der Waals surface area contributed by atoms with Crippen molar-refractivity contribution < 1.29 is 4.79 Å². The predicted molar refractivity (Wildman–Crippen MR) is 41.7 cm³/mol. The van der Waals surface area contributed by atoms with Crippen LogP contribution >= 0.6 is 0 Å². The summed E-state index contributed by atoms with van der Waals surface area (Å²) in [4.78, 5) is 11.1. The summed E-state index contributed by atoms with van der Waals surface area (Å²) in [5.41, 5.74) is 1.76. The van der Waals surface area contributed by atoms with Gasteiger partial charge < -0.3 is 0 Å². The van der Waals surface area contributed by atoms with E-state index < -0.39 is 0 Å². The lowest BCUT2D eigenvalue weighted by atomic mass is 9.93. The standard InChI is InChI=1S/C9H12O/c1-6-4-7(2)9(10)8(3)5-6/h4-6H,1-3H3. The van der Waals surface area contributed by atoms with Gasteiger partial charge in [0.1, 0.15) is 0 Å². The molecule has 0 aromatic heterocycles. The third-order valence-corrected chi connectivity index (χ3v) is 1.74. The Kier molecular flexibility index (Phi) is 1.75. The molecule has 1 nitrogen and oxygen atoms in total. The fraction of sp³-hybridized carbons (Fsp3) is 0.444. The monoisotopic (exact) mass is 136 g/mol. The molecule has 0 saturated carbocycles. The maximum atomic E-state index is 11.1. The smallest absolute Gasteiger partial charge is 0.183 e. The Morgan fingerprint density at radius 1 is 1.20 bits per heavy atom. The van der Waals surface area contributed by atoms with Crippen LogP contribution in [0.25, 0.3) is 0 Å². The zero-order valence-corrected chi connectivity index (χ0v) is 6.64. The third kappa shape index (κ3) is 1.18. The largest absolute Gasteiger partial charge is 0.289 e. The molecule has 0 spiro atoms. The Balaban J connectivity index is 2.94. The summed E-state index contributed by atoms with van der Waals surface area (Å²) in [5, 5.41) is 0. The lowest BCUT2D eigenvalue weighted by Gasteiger charge is -2.11. The minimum Gasteiger partial charge on any atom is -0.289 e. The number of allylic oxidation sites excluding steroid dienone is 4. The van der Waals surface area contributed by atoms with Gasteiger partial charge >= 0.3 is 0 Å². The highest BCUT2D eigenvalue weighted by molar-refractivity contribution is 6.08. The van der Waals surface area contributed by atoms with Crippen molar-refractivity contribution in [2.24, 2.45) is 5.92 Å². The summed E-state index contributed by atoms with van der Waals surface area (Å²) in [7, 11) is 0. The Hall–Kier alpha value is -0.850. The molecule has 0 heterocycles. The summed E-state index contributed by atoms with van der Waals surface area (Å²) in [5.74, 6) is 0.621. The maximum Gasteiger partial charge on any atom is 0.183 e. The van der Waals surface area contributed by atoms with E-state index in [1.165, 1.54) is 0 Å². The van der Waals surface area contributed by atoms with E-state index >= 15 is 0 Å². The van der Waals surface area contributed by atoms with E-state index in [4.69, 9.17) is 0 Å². The number of ketones is 1. The average molecular weight is 136 g/mol. The average Bonchev–Trinajstić information content (AvgIpc) is 1.82. The molecule has 0 aliphatic heterocycles. The van der Waals surface area contributed by atoms with Crippen molar-refractivity contribution in [2.45, 2.75) is 20.8 Å². The van der Waals surface area contributed by atoms with Gasteiger partial charge in [0.15, 0.2) is 5.78 Å². The second-order valence-electron chi connectivity index (χ2n) is 2.89. The molecule has 1 aliphatic rings. The van der Waals surface area contributed by atoms with Crippen molar-refractivity contribution in [2.75, 3.05) is 0 Å². The van der Waals surface area contributed by atoms with Crippen molar-refractivity contribution >= 4 is 5.78 Å². The summed E-state index contributed by atoms with van der Waals surface area (Å²) < 4.78 is 0. The molecule has 54 valence electrons. The van der Waals surface area contributed by atoms with Crippen molar-refractivity contribution in [3.05, 3.63) is 23.3 Å². The van der Waals surface area contributed by atoms with E-state index in [9.17, 15) is 4.79 Å². The van der Waals surface area contributed by atoms with Crippen LogP contribution in [0, 0.1) is 5.92 Å². The van der Waals surface area contributed by atoms with E-state index in [0.717, 1.165) is 11.1 Å². The quantitative estimate of drug-likeness (QED) is 0.498. The lowest BCUT2D eigenvalue weighted by Crippen LogP contribution is -2.08. The molecule has 0 aromatic rings. The summed E-state index contributed by atoms with van der Waals surface area (Å²) in [6, 6.07) is 0. The fourth-order valence-electron chi connectivity index (χ4n) is 1.30. The molecule has 1 heteroatoms. The van der Waals surface area contributed by atoms with Crippen LogP contribution in [0.5, 0.6) is 0 Å². The van der Waals surface area contributed by atoms with Gasteiger partial charge in [-0.15, -0.1) is 0 Å². The molecular weight excluding hydrogens is 124 g/mol. The minimum atomic E-state index is 0.193. The third-order valence-electron chi connectivity index (χ3n) is 1.74. The number of Topliss-reactive ketones (excluding diaryl/α,β-unsaturated/α-hetero) is 1. The van der Waals surface area contributed by atoms with Gasteiger partial charge in [-0.05, 0) is 30.9 Å². The van der Waals surface area contributed by atoms with Gasteiger partial charge in [-0.25, -0.2) is 0 Å². The van der Waals surface area contributed by atoms with E-state index in [2.05, 4.69) is 6.92 Å². The van der Waals surface area contributed by atoms with Crippen LogP contribution in [0.2, 0.25) is 0 Å². The normalized spacial score (nSPS) is 20.5. The second kappa shape index (κ2) is 2.41. The van der Waals surface area contributed by atoms with Crippen LogP contribution in [0.15, 0.2) is 23.3 Å². The van der Waals surface area contributed by atoms with Crippen LogP contribution in [0.3, 0.4) is 0 Å². The molecule has 0 saturated heterocycles. The maximum absolute atomic E-state index is 11.1. The Morgan fingerprint density at radius 2 is 1.60 bits per heavy atom. The molecule has 10 heavy (non-hydrogen) atoms. The van der Waals surface area contributed by atoms with Crippen LogP contribution in [0.1, 0.15) is 20.8 Å². The highest BCUT2D eigenvalue weighted by Gasteiger charge is 2.12. The first-order chi connectivity index (χ1) is 4.61. The zero-order valence-electron chi connectivity index (χ0n) is 6.64. The van der Waals surface area contributed by atoms with Crippen LogP contribution in [-0.2, 0) is 4.79 Å². The van der Waals surface area contributed by atoms with E-state index in [1.807, 2.05) is 26.0 Å². The predicted octanol–water partition coefficient (Wildman–Crippen LogP) is 2.10. The van der Waals surface area contributed by atoms with Crippen LogP contribution in [0.4, 0.5) is 0 Å². The molecule has 0 unspecified atom stereocenters. The molecule has 0 aromatic carbocycles. The minimum absolute atomic E-state index is 0.193. The first-order valence-electron chi connectivity index (χ1n) is 3.53. The van der Waals surface area contributed by atoms with E-state index in [-0.39, 0.29) is 5.78 Å². The summed E-state index contributed by atoms with van der Waals surface area (Å²) in [6.45, 7) is 5.82. The van der Waals surface area contributed by atoms with Crippen molar-refractivity contribution in [3.8, 4) is 0 Å². The molecule has 0 atom stereocenters. The van der Waals surface area contributed by atoms with Gasteiger partial charge in [0.25, 0.3) is 0 Å². The molecule has 0 N–H and O–H groups in total. The van der Waals surface area contributed by atoms with E-state index in [0.29, 0.717) is 5.92 Å². The van der Waals surface area contributed by atoms with Crippen molar-refractivity contribution in [1.82, 2.24) is 0 Å². The van der Waals surface area contributed by atoms with Crippen LogP contribution in [-0.4, -0.2) is 5.78 Å². The van der Waals surface area contributed by atoms with Gasteiger partial charge in [0.05, 0.1) is 0 Å². The molecule has 0 bridgehead atoms. The van der Waals surface area contributed by atoms with Gasteiger partial charge in [-0.2, -0.15) is 0 Å². The van der Waals surface area contributed by atoms with Crippen LogP contribution < -0.4 is 0 Å². The highest BCUT2D eigenvalue weighted by atomic mass is 16.1. The lowest BCUT2D eigenvalue weighted by molar-refractivity contribution is -0.112. The van der Waals surface area contributed by atoms with Crippen molar-refractivity contribution in [1.29, 1.82) is 0 Å². The molecule has 0 amide bonds. The Bertz CT molecular complexity index is 199. The number of carbonyl (C=O) groups excluding carboxylic acids is 1. The molecule has 0 radical (unpaired) electrons. The SMILES string of the molecule is CC1=CC(C)C=C(C)C1=O. The number of hydrogen-bond acceptors (Lipinski definition) is 1. The summed E-state index contributed by atoms with van der Waals surface area (Å²) in [6.07, 6.45) is 3.99. The topological polar surface area (TPSA) is 17.1 Å². The molecular formula is C9H12O. The van der Waals surface area contributed by atoms with Gasteiger partial charge in [0, 0.05) is 0 Å². The summed E-state index contributed by atoms with van der Waals surface area (Å²) >= 11 is 0. The first-order valence-corrected chi connectivity index (χ1v) is 3.53. The zero-order chi connectivity index (χ0) is 7.72. The number of hydrogen-bond donors (Lipinski definition) is 0. The highest BCUT2D eigenvalue weighted by Crippen LogP contribution is 2.17. The van der Waals surface area contributed by atoms with E-state index in [1.54, 1.807) is 0 Å². The van der Waals surface area contributed by atoms with Gasteiger partial charge in [-0.3, -0.25) is 4.79 Å². The Labute approximate surface area is 61.4 Å². The number of rotatable bonds is 0. The fourth-order valence-corrected chi connectivity index (χ4v) is 1.30. The number of carbonyl (C=O) groups is 1. The molecule has 1 aliphatic carbocycles. The first kappa shape index (κ1) is 7.26. The molecule has 0 fully saturated rings. The Morgan fingerprint density at radius 3 is 2.00 bits per heavy atom. The molecule has 1 rings (SSSR count). The second-order valence-corrected chi connectivity index (χ2v) is 2.89. The van der Waals surface area contributed by atoms with Gasteiger partial charge in [0.2, 0.25) is 0 Å². The van der Waals surface area contributed by atoms with Gasteiger partial charge in [-0.1, -0.05) is 19.1 Å². The van der Waals surface area contributed by atoms with Crippen molar-refractivity contribution in [3.63, 3.8) is 0 Å².